The molecule has 0 saturated heterocycles. The van der Waals surface area contributed by atoms with Crippen molar-refractivity contribution in [2.75, 3.05) is 11.9 Å². The fraction of sp³-hybridized carbons (Fsp3) is 0.412. The van der Waals surface area contributed by atoms with E-state index in [0.717, 1.165) is 17.8 Å². The first kappa shape index (κ1) is 15.3. The monoisotopic (exact) mass is 285 g/mol. The standard InChI is InChI=1S/C17H23N3O/c1-5-18-15-10-16(21)20(19-11-15)12-13-6-8-14(9-7-13)17(2,3)4/h6-11,18H,5,12H2,1-4H3. The average Bonchev–Trinajstić information content (AvgIpc) is 2.42. The highest BCUT2D eigenvalue weighted by Gasteiger charge is 2.12. The van der Waals surface area contributed by atoms with Gasteiger partial charge in [-0.25, -0.2) is 4.68 Å². The normalized spacial score (nSPS) is 11.4. The van der Waals surface area contributed by atoms with E-state index in [1.165, 1.54) is 10.2 Å². The van der Waals surface area contributed by atoms with E-state index < -0.39 is 0 Å². The highest BCUT2D eigenvalue weighted by Crippen LogP contribution is 2.22. The summed E-state index contributed by atoms with van der Waals surface area (Å²) in [6.45, 7) is 9.83. The number of hydrogen-bond donors (Lipinski definition) is 1. The Morgan fingerprint density at radius 3 is 2.38 bits per heavy atom. The summed E-state index contributed by atoms with van der Waals surface area (Å²) in [5.74, 6) is 0. The third-order valence-corrected chi connectivity index (χ3v) is 3.40. The lowest BCUT2D eigenvalue weighted by Crippen LogP contribution is -2.23. The van der Waals surface area contributed by atoms with Crippen LogP contribution in [0.25, 0.3) is 0 Å². The molecule has 1 aromatic heterocycles. The molecule has 112 valence electrons. The average molecular weight is 285 g/mol. The number of nitrogens with zero attached hydrogens (tertiary/aromatic N) is 2. The van der Waals surface area contributed by atoms with Crippen molar-refractivity contribution in [2.45, 2.75) is 39.7 Å². The van der Waals surface area contributed by atoms with E-state index in [1.807, 2.05) is 6.92 Å². The Balaban J connectivity index is 2.17. The second-order valence-corrected chi connectivity index (χ2v) is 6.22. The summed E-state index contributed by atoms with van der Waals surface area (Å²) in [4.78, 5) is 12.0. The molecule has 2 aromatic rings. The third kappa shape index (κ3) is 3.94. The van der Waals surface area contributed by atoms with Crippen LogP contribution in [-0.4, -0.2) is 16.3 Å². The van der Waals surface area contributed by atoms with E-state index in [4.69, 9.17) is 0 Å². The van der Waals surface area contributed by atoms with E-state index in [2.05, 4.69) is 55.5 Å². The molecule has 0 fully saturated rings. The third-order valence-electron chi connectivity index (χ3n) is 3.40. The summed E-state index contributed by atoms with van der Waals surface area (Å²) in [5.41, 5.74) is 3.18. The first-order chi connectivity index (χ1) is 9.90. The summed E-state index contributed by atoms with van der Waals surface area (Å²) >= 11 is 0. The topological polar surface area (TPSA) is 46.9 Å². The lowest BCUT2D eigenvalue weighted by Gasteiger charge is -2.19. The summed E-state index contributed by atoms with van der Waals surface area (Å²) in [7, 11) is 0. The Labute approximate surface area is 125 Å². The number of anilines is 1. The fourth-order valence-corrected chi connectivity index (χ4v) is 2.14. The first-order valence-electron chi connectivity index (χ1n) is 7.30. The molecule has 0 saturated carbocycles. The second-order valence-electron chi connectivity index (χ2n) is 6.22. The van der Waals surface area contributed by atoms with Gasteiger partial charge in [-0.1, -0.05) is 45.0 Å². The highest BCUT2D eigenvalue weighted by molar-refractivity contribution is 5.38. The van der Waals surface area contributed by atoms with Crippen molar-refractivity contribution in [3.05, 3.63) is 58.0 Å². The minimum absolute atomic E-state index is 0.0895. The van der Waals surface area contributed by atoms with Crippen LogP contribution in [0.1, 0.15) is 38.8 Å². The van der Waals surface area contributed by atoms with Gasteiger partial charge in [0.25, 0.3) is 5.56 Å². The summed E-state index contributed by atoms with van der Waals surface area (Å²) in [6.07, 6.45) is 1.69. The molecule has 0 bridgehead atoms. The highest BCUT2D eigenvalue weighted by atomic mass is 16.1. The van der Waals surface area contributed by atoms with Crippen LogP contribution in [0.2, 0.25) is 0 Å². The van der Waals surface area contributed by atoms with Gasteiger partial charge in [0.15, 0.2) is 0 Å². The van der Waals surface area contributed by atoms with Crippen LogP contribution < -0.4 is 10.9 Å². The van der Waals surface area contributed by atoms with Crippen LogP contribution in [0.15, 0.2) is 41.3 Å². The zero-order valence-corrected chi connectivity index (χ0v) is 13.2. The van der Waals surface area contributed by atoms with E-state index in [1.54, 1.807) is 12.3 Å². The minimum atomic E-state index is -0.0895. The van der Waals surface area contributed by atoms with Crippen LogP contribution in [0, 0.1) is 0 Å². The molecule has 21 heavy (non-hydrogen) atoms. The molecule has 1 aromatic carbocycles. The zero-order valence-electron chi connectivity index (χ0n) is 13.2. The Kier molecular flexibility index (Phi) is 4.46. The van der Waals surface area contributed by atoms with Crippen LogP contribution in [0.3, 0.4) is 0 Å². The maximum Gasteiger partial charge on any atom is 0.269 e. The van der Waals surface area contributed by atoms with Gasteiger partial charge in [-0.05, 0) is 23.5 Å². The molecule has 0 aliphatic heterocycles. The smallest absolute Gasteiger partial charge is 0.269 e. The lowest BCUT2D eigenvalue weighted by molar-refractivity contribution is 0.588. The molecule has 0 aliphatic rings. The van der Waals surface area contributed by atoms with Crippen LogP contribution in [-0.2, 0) is 12.0 Å². The lowest BCUT2D eigenvalue weighted by atomic mass is 9.87. The molecule has 0 radical (unpaired) electrons. The number of hydrogen-bond acceptors (Lipinski definition) is 3. The molecule has 0 aliphatic carbocycles. The number of aromatic nitrogens is 2. The van der Waals surface area contributed by atoms with Crippen LogP contribution >= 0.6 is 0 Å². The molecule has 0 amide bonds. The molecule has 2 rings (SSSR count). The molecule has 4 heteroatoms. The number of nitrogens with one attached hydrogen (secondary N) is 1. The quantitative estimate of drug-likeness (QED) is 0.939. The predicted octanol–water partition coefficient (Wildman–Crippen LogP) is 3.02. The maximum atomic E-state index is 12.0. The first-order valence-corrected chi connectivity index (χ1v) is 7.30. The summed E-state index contributed by atoms with van der Waals surface area (Å²) in [5, 5.41) is 7.29. The van der Waals surface area contributed by atoms with Crippen molar-refractivity contribution in [1.29, 1.82) is 0 Å². The Morgan fingerprint density at radius 1 is 1.19 bits per heavy atom. The predicted molar refractivity (Wildman–Crippen MR) is 86.9 cm³/mol. The second kappa shape index (κ2) is 6.12. The van der Waals surface area contributed by atoms with E-state index in [0.29, 0.717) is 6.54 Å². The molecule has 1 N–H and O–H groups in total. The molecule has 0 unspecified atom stereocenters. The van der Waals surface area contributed by atoms with Gasteiger partial charge in [0.05, 0.1) is 18.4 Å². The van der Waals surface area contributed by atoms with Gasteiger partial charge in [-0.2, -0.15) is 5.10 Å². The van der Waals surface area contributed by atoms with Crippen LogP contribution in [0.4, 0.5) is 5.69 Å². The molecular weight excluding hydrogens is 262 g/mol. The molecule has 0 atom stereocenters. The molecule has 1 heterocycles. The molecule has 0 spiro atoms. The number of benzene rings is 1. The van der Waals surface area contributed by atoms with Gasteiger partial charge in [0, 0.05) is 12.6 Å². The van der Waals surface area contributed by atoms with E-state index >= 15 is 0 Å². The van der Waals surface area contributed by atoms with Crippen molar-refractivity contribution in [3.63, 3.8) is 0 Å². The van der Waals surface area contributed by atoms with Gasteiger partial charge in [0.2, 0.25) is 0 Å². The Morgan fingerprint density at radius 2 is 1.86 bits per heavy atom. The van der Waals surface area contributed by atoms with Gasteiger partial charge < -0.3 is 5.32 Å². The van der Waals surface area contributed by atoms with Crippen LogP contribution in [0.5, 0.6) is 0 Å². The van der Waals surface area contributed by atoms with Crippen molar-refractivity contribution in [1.82, 2.24) is 9.78 Å². The van der Waals surface area contributed by atoms with Gasteiger partial charge in [0.1, 0.15) is 0 Å². The van der Waals surface area contributed by atoms with E-state index in [9.17, 15) is 4.79 Å². The number of rotatable bonds is 4. The Bertz CT molecular complexity index is 651. The summed E-state index contributed by atoms with van der Waals surface area (Å²) in [6, 6.07) is 9.95. The van der Waals surface area contributed by atoms with Gasteiger partial charge in [-0.3, -0.25) is 4.79 Å². The zero-order chi connectivity index (χ0) is 15.5. The van der Waals surface area contributed by atoms with E-state index in [-0.39, 0.29) is 11.0 Å². The maximum absolute atomic E-state index is 12.0. The van der Waals surface area contributed by atoms with Gasteiger partial charge in [-0.15, -0.1) is 0 Å². The van der Waals surface area contributed by atoms with Crippen molar-refractivity contribution in [2.24, 2.45) is 0 Å². The van der Waals surface area contributed by atoms with Crippen molar-refractivity contribution in [3.8, 4) is 0 Å². The minimum Gasteiger partial charge on any atom is -0.384 e. The molecular formula is C17H23N3O. The molecule has 4 nitrogen and oxygen atoms in total. The SMILES string of the molecule is CCNc1cnn(Cc2ccc(C(C)(C)C)cc2)c(=O)c1. The summed E-state index contributed by atoms with van der Waals surface area (Å²) < 4.78 is 1.48. The largest absolute Gasteiger partial charge is 0.384 e. The van der Waals surface area contributed by atoms with Crippen molar-refractivity contribution >= 4 is 5.69 Å². The van der Waals surface area contributed by atoms with Crippen molar-refractivity contribution < 1.29 is 0 Å². The fourth-order valence-electron chi connectivity index (χ4n) is 2.14. The van der Waals surface area contributed by atoms with Gasteiger partial charge >= 0.3 is 0 Å². The Hall–Kier alpha value is -2.10.